The number of methoxy groups -OCH3 is 1. The first-order valence-corrected chi connectivity index (χ1v) is 7.33. The first-order chi connectivity index (χ1) is 9.55. The van der Waals surface area contributed by atoms with E-state index in [0.717, 1.165) is 32.4 Å². The molecular formula is C14H25N3O3. The maximum absolute atomic E-state index is 12.3. The molecule has 0 aromatic rings. The van der Waals surface area contributed by atoms with Gasteiger partial charge in [0.2, 0.25) is 11.8 Å². The van der Waals surface area contributed by atoms with Crippen LogP contribution in [0.1, 0.15) is 26.2 Å². The first-order valence-electron chi connectivity index (χ1n) is 7.33. The minimum absolute atomic E-state index is 0.0317. The van der Waals surface area contributed by atoms with Crippen molar-refractivity contribution in [3.05, 3.63) is 0 Å². The number of rotatable bonds is 4. The molecular weight excluding hydrogens is 258 g/mol. The summed E-state index contributed by atoms with van der Waals surface area (Å²) in [6, 6.07) is 0.187. The molecule has 0 spiro atoms. The van der Waals surface area contributed by atoms with Gasteiger partial charge >= 0.3 is 0 Å². The average Bonchev–Trinajstić information content (AvgIpc) is 2.88. The number of hydrogen-bond acceptors (Lipinski definition) is 4. The van der Waals surface area contributed by atoms with Crippen molar-refractivity contribution in [1.82, 2.24) is 15.5 Å². The summed E-state index contributed by atoms with van der Waals surface area (Å²) in [5.74, 6) is 0.174. The van der Waals surface area contributed by atoms with E-state index in [2.05, 4.69) is 10.6 Å². The van der Waals surface area contributed by atoms with E-state index < -0.39 is 0 Å². The van der Waals surface area contributed by atoms with Gasteiger partial charge in [-0.2, -0.15) is 0 Å². The molecule has 2 amide bonds. The lowest BCUT2D eigenvalue weighted by Gasteiger charge is -2.34. The lowest BCUT2D eigenvalue weighted by Crippen LogP contribution is -2.50. The van der Waals surface area contributed by atoms with Crippen molar-refractivity contribution in [2.45, 2.75) is 32.2 Å². The van der Waals surface area contributed by atoms with Crippen molar-refractivity contribution in [3.63, 3.8) is 0 Å². The predicted molar refractivity (Wildman–Crippen MR) is 75.2 cm³/mol. The van der Waals surface area contributed by atoms with Crippen LogP contribution in [0.4, 0.5) is 0 Å². The number of ether oxygens (including phenoxy) is 1. The second kappa shape index (κ2) is 6.54. The molecule has 2 aliphatic heterocycles. The molecule has 6 heteroatoms. The molecule has 114 valence electrons. The Labute approximate surface area is 120 Å². The minimum Gasteiger partial charge on any atom is -0.375 e. The molecule has 1 atom stereocenters. The third-order valence-electron chi connectivity index (χ3n) is 4.37. The van der Waals surface area contributed by atoms with Crippen molar-refractivity contribution in [2.75, 3.05) is 39.9 Å². The van der Waals surface area contributed by atoms with Gasteiger partial charge in [0, 0.05) is 32.8 Å². The summed E-state index contributed by atoms with van der Waals surface area (Å²) in [6.45, 7) is 5.21. The molecule has 1 unspecified atom stereocenters. The zero-order valence-corrected chi connectivity index (χ0v) is 12.4. The summed E-state index contributed by atoms with van der Waals surface area (Å²) in [5.41, 5.74) is -0.275. The molecule has 6 nitrogen and oxygen atoms in total. The SMILES string of the molecule is COCC(=O)N1CCC(NC(=O)C2(C)CCNC2)CC1. The van der Waals surface area contributed by atoms with Gasteiger partial charge in [-0.15, -0.1) is 0 Å². The highest BCUT2D eigenvalue weighted by Crippen LogP contribution is 2.25. The number of amides is 2. The van der Waals surface area contributed by atoms with Crippen molar-refractivity contribution >= 4 is 11.8 Å². The monoisotopic (exact) mass is 283 g/mol. The highest BCUT2D eigenvalue weighted by atomic mass is 16.5. The van der Waals surface area contributed by atoms with Gasteiger partial charge in [0.15, 0.2) is 0 Å². The number of nitrogens with one attached hydrogen (secondary N) is 2. The van der Waals surface area contributed by atoms with Crippen LogP contribution in [0, 0.1) is 5.41 Å². The maximum Gasteiger partial charge on any atom is 0.248 e. The zero-order chi connectivity index (χ0) is 14.6. The van der Waals surface area contributed by atoms with Crippen molar-refractivity contribution in [2.24, 2.45) is 5.41 Å². The number of nitrogens with zero attached hydrogens (tertiary/aromatic N) is 1. The van der Waals surface area contributed by atoms with E-state index in [1.165, 1.54) is 7.11 Å². The smallest absolute Gasteiger partial charge is 0.248 e. The zero-order valence-electron chi connectivity index (χ0n) is 12.4. The molecule has 2 aliphatic rings. The Morgan fingerprint density at radius 2 is 2.10 bits per heavy atom. The van der Waals surface area contributed by atoms with Gasteiger partial charge in [0.25, 0.3) is 0 Å². The largest absolute Gasteiger partial charge is 0.375 e. The van der Waals surface area contributed by atoms with Crippen LogP contribution in [0.2, 0.25) is 0 Å². The molecule has 0 bridgehead atoms. The highest BCUT2D eigenvalue weighted by Gasteiger charge is 2.37. The molecule has 2 heterocycles. The van der Waals surface area contributed by atoms with Crippen LogP contribution in [0.15, 0.2) is 0 Å². The van der Waals surface area contributed by atoms with Gasteiger partial charge in [-0.25, -0.2) is 0 Å². The lowest BCUT2D eigenvalue weighted by atomic mass is 9.88. The Balaban J connectivity index is 1.77. The molecule has 2 N–H and O–H groups in total. The Morgan fingerprint density at radius 3 is 2.65 bits per heavy atom. The summed E-state index contributed by atoms with van der Waals surface area (Å²) in [7, 11) is 1.53. The molecule has 2 saturated heterocycles. The minimum atomic E-state index is -0.275. The fourth-order valence-electron chi connectivity index (χ4n) is 2.86. The van der Waals surface area contributed by atoms with Crippen molar-refractivity contribution in [1.29, 1.82) is 0 Å². The highest BCUT2D eigenvalue weighted by molar-refractivity contribution is 5.83. The first kappa shape index (κ1) is 15.3. The summed E-state index contributed by atoms with van der Waals surface area (Å²) in [4.78, 5) is 25.8. The third kappa shape index (κ3) is 3.49. The second-order valence-electron chi connectivity index (χ2n) is 6.05. The predicted octanol–water partition coefficient (Wildman–Crippen LogP) is -0.260. The third-order valence-corrected chi connectivity index (χ3v) is 4.37. The fourth-order valence-corrected chi connectivity index (χ4v) is 2.86. The molecule has 2 fully saturated rings. The Bertz CT molecular complexity index is 359. The lowest BCUT2D eigenvalue weighted by molar-refractivity contribution is -0.136. The average molecular weight is 283 g/mol. The topological polar surface area (TPSA) is 70.7 Å². The fraction of sp³-hybridized carbons (Fsp3) is 0.857. The standard InChI is InChI=1S/C14H25N3O3/c1-14(5-6-15-10-14)13(19)16-11-3-7-17(8-4-11)12(18)9-20-2/h11,15H,3-10H2,1-2H3,(H,16,19). The normalized spacial score (nSPS) is 27.6. The molecule has 0 radical (unpaired) electrons. The van der Waals surface area contributed by atoms with Crippen molar-refractivity contribution < 1.29 is 14.3 Å². The van der Waals surface area contributed by atoms with E-state index >= 15 is 0 Å². The Kier molecular flexibility index (Phi) is 4.99. The number of carbonyl (C=O) groups excluding carboxylic acids is 2. The number of hydrogen-bond donors (Lipinski definition) is 2. The summed E-state index contributed by atoms with van der Waals surface area (Å²) >= 11 is 0. The van der Waals surface area contributed by atoms with Crippen LogP contribution in [-0.4, -0.2) is 62.7 Å². The summed E-state index contributed by atoms with van der Waals surface area (Å²) in [5, 5.41) is 6.38. The second-order valence-corrected chi connectivity index (χ2v) is 6.05. The van der Waals surface area contributed by atoms with Crippen LogP contribution >= 0.6 is 0 Å². The number of carbonyl (C=O) groups is 2. The van der Waals surface area contributed by atoms with Crippen molar-refractivity contribution in [3.8, 4) is 0 Å². The van der Waals surface area contributed by atoms with Crippen LogP contribution in [-0.2, 0) is 14.3 Å². The van der Waals surface area contributed by atoms with Gasteiger partial charge in [-0.05, 0) is 32.7 Å². The van der Waals surface area contributed by atoms with E-state index in [1.54, 1.807) is 0 Å². The maximum atomic E-state index is 12.3. The number of piperidine rings is 1. The molecule has 0 aromatic heterocycles. The molecule has 0 aliphatic carbocycles. The quantitative estimate of drug-likeness (QED) is 0.746. The van der Waals surface area contributed by atoms with Crippen LogP contribution < -0.4 is 10.6 Å². The summed E-state index contributed by atoms with van der Waals surface area (Å²) < 4.78 is 4.86. The molecule has 2 rings (SSSR count). The van der Waals surface area contributed by atoms with E-state index in [9.17, 15) is 9.59 Å². The van der Waals surface area contributed by atoms with E-state index in [4.69, 9.17) is 4.74 Å². The van der Waals surface area contributed by atoms with Gasteiger partial charge < -0.3 is 20.3 Å². The van der Waals surface area contributed by atoms with Crippen LogP contribution in [0.3, 0.4) is 0 Å². The van der Waals surface area contributed by atoms with E-state index in [0.29, 0.717) is 13.1 Å². The van der Waals surface area contributed by atoms with E-state index in [-0.39, 0.29) is 29.9 Å². The van der Waals surface area contributed by atoms with Crippen LogP contribution in [0.5, 0.6) is 0 Å². The molecule has 0 aromatic carbocycles. The number of likely N-dealkylation sites (tertiary alicyclic amines) is 1. The van der Waals surface area contributed by atoms with Gasteiger partial charge in [-0.1, -0.05) is 0 Å². The summed E-state index contributed by atoms with van der Waals surface area (Å²) in [6.07, 6.45) is 2.54. The van der Waals surface area contributed by atoms with Gasteiger partial charge in [0.05, 0.1) is 5.41 Å². The molecule has 0 saturated carbocycles. The molecule has 20 heavy (non-hydrogen) atoms. The Hall–Kier alpha value is -1.14. The van der Waals surface area contributed by atoms with E-state index in [1.807, 2.05) is 11.8 Å². The Morgan fingerprint density at radius 1 is 1.40 bits per heavy atom. The van der Waals surface area contributed by atoms with Crippen LogP contribution in [0.25, 0.3) is 0 Å². The van der Waals surface area contributed by atoms with Gasteiger partial charge in [-0.3, -0.25) is 9.59 Å². The van der Waals surface area contributed by atoms with Gasteiger partial charge in [0.1, 0.15) is 6.61 Å².